The van der Waals surface area contributed by atoms with Crippen molar-refractivity contribution >= 4 is 12.4 Å². The highest BCUT2D eigenvalue weighted by Crippen LogP contribution is 2.15. The van der Waals surface area contributed by atoms with Crippen LogP contribution in [0.5, 0.6) is 0 Å². The van der Waals surface area contributed by atoms with Crippen molar-refractivity contribution in [2.24, 2.45) is 0 Å². The van der Waals surface area contributed by atoms with Crippen LogP contribution in [0.3, 0.4) is 0 Å². The van der Waals surface area contributed by atoms with E-state index in [9.17, 15) is 9.59 Å². The molecule has 1 rings (SSSR count). The highest BCUT2D eigenvalue weighted by Gasteiger charge is 2.08. The first-order valence-electron chi connectivity index (χ1n) is 4.39. The van der Waals surface area contributed by atoms with Crippen molar-refractivity contribution in [3.8, 4) is 0 Å². The van der Waals surface area contributed by atoms with Crippen LogP contribution >= 0.6 is 0 Å². The van der Waals surface area contributed by atoms with Crippen molar-refractivity contribution in [3.63, 3.8) is 0 Å². The van der Waals surface area contributed by atoms with E-state index in [-0.39, 0.29) is 6.47 Å². The summed E-state index contributed by atoms with van der Waals surface area (Å²) in [5.74, 6) is -0.263. The summed E-state index contributed by atoms with van der Waals surface area (Å²) in [6.07, 6.45) is 0. The Balaban J connectivity index is 2.93. The molecule has 0 spiro atoms. The van der Waals surface area contributed by atoms with Crippen LogP contribution < -0.4 is 0 Å². The maximum absolute atomic E-state index is 11.2. The fourth-order valence-electron chi connectivity index (χ4n) is 1.14. The Hall–Kier alpha value is -1.64. The van der Waals surface area contributed by atoms with Gasteiger partial charge in [-0.05, 0) is 23.6 Å². The Kier molecular flexibility index (Phi) is 3.40. The van der Waals surface area contributed by atoms with Crippen LogP contribution in [-0.2, 0) is 9.53 Å². The molecular weight excluding hydrogens is 180 g/mol. The standard InChI is InChI=1S/C11H12O3/c1-8(2)9-4-3-5-10(6-9)11(13)14-7-12/h3-8H,1-2H3. The van der Waals surface area contributed by atoms with Crippen LogP contribution in [0.4, 0.5) is 0 Å². The molecule has 0 aromatic heterocycles. The molecule has 0 heterocycles. The molecule has 1 aromatic rings. The molecule has 0 amide bonds. The molecular formula is C11H12O3. The van der Waals surface area contributed by atoms with Crippen LogP contribution in [0.1, 0.15) is 35.7 Å². The molecule has 14 heavy (non-hydrogen) atoms. The lowest BCUT2D eigenvalue weighted by Gasteiger charge is -2.05. The van der Waals surface area contributed by atoms with Gasteiger partial charge in [-0.3, -0.25) is 4.79 Å². The zero-order chi connectivity index (χ0) is 10.6. The Morgan fingerprint density at radius 1 is 1.43 bits per heavy atom. The van der Waals surface area contributed by atoms with Crippen LogP contribution in [0, 0.1) is 0 Å². The molecule has 0 unspecified atom stereocenters. The minimum absolute atomic E-state index is 0.143. The first-order chi connectivity index (χ1) is 6.65. The third-order valence-electron chi connectivity index (χ3n) is 1.94. The van der Waals surface area contributed by atoms with Crippen LogP contribution in [0.25, 0.3) is 0 Å². The first-order valence-corrected chi connectivity index (χ1v) is 4.39. The Morgan fingerprint density at radius 2 is 2.14 bits per heavy atom. The van der Waals surface area contributed by atoms with Gasteiger partial charge in [-0.25, -0.2) is 4.79 Å². The van der Waals surface area contributed by atoms with Gasteiger partial charge >= 0.3 is 12.4 Å². The lowest BCUT2D eigenvalue weighted by atomic mass is 10.0. The molecule has 0 N–H and O–H groups in total. The van der Waals surface area contributed by atoms with Crippen LogP contribution in [0.2, 0.25) is 0 Å². The van der Waals surface area contributed by atoms with Gasteiger partial charge in [-0.15, -0.1) is 0 Å². The monoisotopic (exact) mass is 192 g/mol. The van der Waals surface area contributed by atoms with Crippen molar-refractivity contribution in [1.82, 2.24) is 0 Å². The maximum Gasteiger partial charge on any atom is 0.345 e. The molecule has 1 aromatic carbocycles. The summed E-state index contributed by atoms with van der Waals surface area (Å²) < 4.78 is 4.24. The minimum atomic E-state index is -0.609. The third-order valence-corrected chi connectivity index (χ3v) is 1.94. The summed E-state index contributed by atoms with van der Waals surface area (Å²) in [6.45, 7) is 4.21. The van der Waals surface area contributed by atoms with Gasteiger partial charge in [-0.1, -0.05) is 26.0 Å². The number of benzene rings is 1. The molecule has 0 bridgehead atoms. The van der Waals surface area contributed by atoms with Crippen LogP contribution in [0.15, 0.2) is 24.3 Å². The zero-order valence-electron chi connectivity index (χ0n) is 8.19. The largest absolute Gasteiger partial charge is 0.392 e. The fraction of sp³-hybridized carbons (Fsp3) is 0.273. The van der Waals surface area contributed by atoms with Crippen molar-refractivity contribution < 1.29 is 14.3 Å². The molecule has 0 atom stereocenters. The van der Waals surface area contributed by atoms with Crippen molar-refractivity contribution in [2.75, 3.05) is 0 Å². The normalized spacial score (nSPS) is 9.93. The van der Waals surface area contributed by atoms with Gasteiger partial charge in [-0.2, -0.15) is 0 Å². The molecule has 0 aliphatic rings. The molecule has 0 radical (unpaired) electrons. The predicted octanol–water partition coefficient (Wildman–Crippen LogP) is 2.12. The predicted molar refractivity (Wildman–Crippen MR) is 52.0 cm³/mol. The Morgan fingerprint density at radius 3 is 2.71 bits per heavy atom. The minimum Gasteiger partial charge on any atom is -0.392 e. The molecule has 74 valence electrons. The van der Waals surface area contributed by atoms with E-state index in [1.54, 1.807) is 18.2 Å². The van der Waals surface area contributed by atoms with Gasteiger partial charge < -0.3 is 4.74 Å². The van der Waals surface area contributed by atoms with Crippen molar-refractivity contribution in [3.05, 3.63) is 35.4 Å². The third kappa shape index (κ3) is 2.42. The maximum atomic E-state index is 11.2. The second-order valence-electron chi connectivity index (χ2n) is 3.28. The van der Waals surface area contributed by atoms with E-state index in [1.165, 1.54) is 0 Å². The molecule has 0 saturated carbocycles. The number of hydrogen-bond acceptors (Lipinski definition) is 3. The summed E-state index contributed by atoms with van der Waals surface area (Å²) in [6, 6.07) is 7.06. The van der Waals surface area contributed by atoms with E-state index < -0.39 is 5.97 Å². The summed E-state index contributed by atoms with van der Waals surface area (Å²) in [5.41, 5.74) is 1.45. The quantitative estimate of drug-likeness (QED) is 0.418. The van der Waals surface area contributed by atoms with Gasteiger partial charge in [0.05, 0.1) is 5.56 Å². The van der Waals surface area contributed by atoms with E-state index in [0.717, 1.165) is 5.56 Å². The van der Waals surface area contributed by atoms with Gasteiger partial charge in [0.2, 0.25) is 0 Å². The zero-order valence-corrected chi connectivity index (χ0v) is 8.19. The summed E-state index contributed by atoms with van der Waals surface area (Å²) in [7, 11) is 0. The smallest absolute Gasteiger partial charge is 0.345 e. The fourth-order valence-corrected chi connectivity index (χ4v) is 1.14. The Labute approximate surface area is 82.7 Å². The topological polar surface area (TPSA) is 43.4 Å². The summed E-state index contributed by atoms with van der Waals surface area (Å²) >= 11 is 0. The van der Waals surface area contributed by atoms with E-state index >= 15 is 0 Å². The molecule has 0 fully saturated rings. The Bertz CT molecular complexity index is 342. The number of hydrogen-bond donors (Lipinski definition) is 0. The van der Waals surface area contributed by atoms with Crippen molar-refractivity contribution in [2.45, 2.75) is 19.8 Å². The molecule has 0 aliphatic carbocycles. The summed E-state index contributed by atoms with van der Waals surface area (Å²) in [4.78, 5) is 21.1. The van der Waals surface area contributed by atoms with Gasteiger partial charge in [0, 0.05) is 0 Å². The SMILES string of the molecule is CC(C)c1cccc(C(=O)OC=O)c1. The average molecular weight is 192 g/mol. The number of carbonyl (C=O) groups is 2. The lowest BCUT2D eigenvalue weighted by molar-refractivity contribution is -0.123. The van der Waals surface area contributed by atoms with E-state index in [2.05, 4.69) is 4.74 Å². The van der Waals surface area contributed by atoms with Gasteiger partial charge in [0.15, 0.2) is 0 Å². The number of rotatable bonds is 3. The molecule has 0 aliphatic heterocycles. The molecule has 3 heteroatoms. The number of carbonyl (C=O) groups excluding carboxylic acids is 2. The molecule has 0 saturated heterocycles. The van der Waals surface area contributed by atoms with Gasteiger partial charge in [0.1, 0.15) is 0 Å². The second-order valence-corrected chi connectivity index (χ2v) is 3.28. The van der Waals surface area contributed by atoms with E-state index in [0.29, 0.717) is 11.5 Å². The highest BCUT2D eigenvalue weighted by molar-refractivity contribution is 5.93. The lowest BCUT2D eigenvalue weighted by Crippen LogP contribution is -2.04. The number of esters is 1. The summed E-state index contributed by atoms with van der Waals surface area (Å²) in [5, 5.41) is 0. The van der Waals surface area contributed by atoms with E-state index in [1.807, 2.05) is 19.9 Å². The van der Waals surface area contributed by atoms with Crippen LogP contribution in [-0.4, -0.2) is 12.4 Å². The van der Waals surface area contributed by atoms with Gasteiger partial charge in [0.25, 0.3) is 0 Å². The highest BCUT2D eigenvalue weighted by atomic mass is 16.6. The van der Waals surface area contributed by atoms with Crippen molar-refractivity contribution in [1.29, 1.82) is 0 Å². The number of ether oxygens (including phenoxy) is 1. The van der Waals surface area contributed by atoms with E-state index in [4.69, 9.17) is 0 Å². The average Bonchev–Trinajstić information content (AvgIpc) is 2.18. The molecule has 3 nitrogen and oxygen atoms in total. The second kappa shape index (κ2) is 4.56. The first kappa shape index (κ1) is 10.4.